The third kappa shape index (κ3) is 5.48. The number of alkyl halides is 2. The minimum atomic E-state index is -2.95. The van der Waals surface area contributed by atoms with E-state index in [-0.39, 0.29) is 35.1 Å². The van der Waals surface area contributed by atoms with E-state index in [4.69, 9.17) is 11.6 Å². The second-order valence-corrected chi connectivity index (χ2v) is 10.0. The summed E-state index contributed by atoms with van der Waals surface area (Å²) >= 11 is 6.43. The number of hydrogen-bond acceptors (Lipinski definition) is 5. The third-order valence-corrected chi connectivity index (χ3v) is 7.11. The van der Waals surface area contributed by atoms with Crippen molar-refractivity contribution in [3.05, 3.63) is 83.1 Å². The van der Waals surface area contributed by atoms with E-state index in [0.717, 1.165) is 21.9 Å². The van der Waals surface area contributed by atoms with Crippen molar-refractivity contribution in [2.45, 2.75) is 49.7 Å². The van der Waals surface area contributed by atoms with Gasteiger partial charge in [0, 0.05) is 54.4 Å². The maximum atomic E-state index is 14.5. The molecule has 0 spiro atoms. The summed E-state index contributed by atoms with van der Waals surface area (Å²) in [4.78, 5) is 50.9. The molecule has 0 bridgehead atoms. The lowest BCUT2D eigenvalue weighted by Crippen LogP contribution is -2.56. The number of hydrogen-bond donors (Lipinski definition) is 1. The number of nitrogens with one attached hydrogen (secondary N) is 1. The molecule has 8 nitrogen and oxygen atoms in total. The minimum Gasteiger partial charge on any atom is -0.351 e. The van der Waals surface area contributed by atoms with Crippen LogP contribution in [-0.2, 0) is 14.4 Å². The lowest BCUT2D eigenvalue weighted by atomic mass is 9.87. The Morgan fingerprint density at radius 1 is 1.05 bits per heavy atom. The highest BCUT2D eigenvalue weighted by molar-refractivity contribution is 6.31. The average molecular weight is 576 g/mol. The number of benzene rings is 2. The molecule has 0 radical (unpaired) electrons. The molecule has 1 saturated heterocycles. The van der Waals surface area contributed by atoms with Crippen LogP contribution in [0.25, 0.3) is 0 Å². The number of carbonyl (C=O) groups is 3. The molecule has 1 aromatic heterocycles. The van der Waals surface area contributed by atoms with Crippen LogP contribution in [-0.4, -0.2) is 45.7 Å². The second kappa shape index (κ2) is 10.8. The molecule has 208 valence electrons. The van der Waals surface area contributed by atoms with Gasteiger partial charge in [0.05, 0.1) is 5.69 Å². The molecule has 2 atom stereocenters. The number of amides is 3. The molecular formula is C27H22ClF4N5O3. The number of rotatable bonds is 7. The van der Waals surface area contributed by atoms with E-state index in [0.29, 0.717) is 6.07 Å². The Hall–Kier alpha value is -4.06. The largest absolute Gasteiger partial charge is 0.351 e. The average Bonchev–Trinajstić information content (AvgIpc) is 3.27. The van der Waals surface area contributed by atoms with Gasteiger partial charge in [-0.15, -0.1) is 0 Å². The van der Waals surface area contributed by atoms with E-state index in [1.165, 1.54) is 36.7 Å². The van der Waals surface area contributed by atoms with Gasteiger partial charge in [0.1, 0.15) is 23.7 Å². The van der Waals surface area contributed by atoms with Gasteiger partial charge in [-0.05, 0) is 30.7 Å². The molecule has 1 saturated carbocycles. The fourth-order valence-corrected chi connectivity index (χ4v) is 5.20. The highest BCUT2D eigenvalue weighted by atomic mass is 35.5. The molecule has 2 aromatic carbocycles. The van der Waals surface area contributed by atoms with Crippen molar-refractivity contribution in [3.8, 4) is 0 Å². The first-order valence-corrected chi connectivity index (χ1v) is 12.7. The van der Waals surface area contributed by atoms with Gasteiger partial charge < -0.3 is 5.32 Å². The Bertz CT molecular complexity index is 1430. The summed E-state index contributed by atoms with van der Waals surface area (Å²) in [6, 6.07) is 6.06. The molecule has 2 heterocycles. The van der Waals surface area contributed by atoms with E-state index in [1.54, 1.807) is 6.07 Å². The van der Waals surface area contributed by atoms with Gasteiger partial charge in [0.15, 0.2) is 0 Å². The Morgan fingerprint density at radius 3 is 2.33 bits per heavy atom. The summed E-state index contributed by atoms with van der Waals surface area (Å²) in [5.74, 6) is -7.30. The third-order valence-electron chi connectivity index (χ3n) is 6.77. The SMILES string of the molecule is O=C(NC1CC(F)(F)C1)[C@H](c1ccccc1Cl)N(C(=O)C1CCC(=O)N1c1ncccn1)c1cc(F)cc(F)c1. The van der Waals surface area contributed by atoms with E-state index < -0.39 is 66.2 Å². The quantitative estimate of drug-likeness (QED) is 0.416. The van der Waals surface area contributed by atoms with Crippen LogP contribution in [0.2, 0.25) is 5.02 Å². The zero-order chi connectivity index (χ0) is 28.6. The number of aromatic nitrogens is 2. The molecule has 40 heavy (non-hydrogen) atoms. The molecule has 3 aromatic rings. The van der Waals surface area contributed by atoms with Crippen molar-refractivity contribution in [2.75, 3.05) is 9.80 Å². The fourth-order valence-electron chi connectivity index (χ4n) is 4.96. The van der Waals surface area contributed by atoms with E-state index in [1.807, 2.05) is 0 Å². The summed E-state index contributed by atoms with van der Waals surface area (Å²) in [6.45, 7) is 0. The van der Waals surface area contributed by atoms with Gasteiger partial charge in [0.25, 0.3) is 11.8 Å². The molecule has 13 heteroatoms. The number of nitrogens with zero attached hydrogens (tertiary/aromatic N) is 4. The Morgan fingerprint density at radius 2 is 1.70 bits per heavy atom. The summed E-state index contributed by atoms with van der Waals surface area (Å²) in [6.07, 6.45) is 1.49. The van der Waals surface area contributed by atoms with Crippen molar-refractivity contribution in [1.82, 2.24) is 15.3 Å². The fraction of sp³-hybridized carbons (Fsp3) is 0.296. The Labute approximate surface area is 231 Å². The van der Waals surface area contributed by atoms with Gasteiger partial charge in [-0.1, -0.05) is 29.8 Å². The lowest BCUT2D eigenvalue weighted by Gasteiger charge is -2.39. The molecule has 5 rings (SSSR count). The maximum absolute atomic E-state index is 14.5. The van der Waals surface area contributed by atoms with Gasteiger partial charge in [-0.3, -0.25) is 24.2 Å². The first-order chi connectivity index (χ1) is 19.0. The Kier molecular flexibility index (Phi) is 7.45. The normalized spacial score (nSPS) is 19.2. The summed E-state index contributed by atoms with van der Waals surface area (Å²) in [5.41, 5.74) is -0.257. The maximum Gasteiger partial charge on any atom is 0.252 e. The van der Waals surface area contributed by atoms with Crippen LogP contribution < -0.4 is 15.1 Å². The molecule has 2 aliphatic rings. The zero-order valence-corrected chi connectivity index (χ0v) is 21.5. The topological polar surface area (TPSA) is 95.5 Å². The summed E-state index contributed by atoms with van der Waals surface area (Å²) in [7, 11) is 0. The van der Waals surface area contributed by atoms with Crippen molar-refractivity contribution >= 4 is 41.0 Å². The van der Waals surface area contributed by atoms with Gasteiger partial charge in [-0.2, -0.15) is 0 Å². The molecule has 2 fully saturated rings. The highest BCUT2D eigenvalue weighted by Crippen LogP contribution is 2.39. The van der Waals surface area contributed by atoms with Gasteiger partial charge in [-0.25, -0.2) is 27.5 Å². The lowest BCUT2D eigenvalue weighted by molar-refractivity contribution is -0.133. The molecule has 1 N–H and O–H groups in total. The molecule has 1 unspecified atom stereocenters. The summed E-state index contributed by atoms with van der Waals surface area (Å²) < 4.78 is 56.0. The van der Waals surface area contributed by atoms with Crippen LogP contribution >= 0.6 is 11.6 Å². The highest BCUT2D eigenvalue weighted by Gasteiger charge is 2.48. The monoisotopic (exact) mass is 575 g/mol. The van der Waals surface area contributed by atoms with E-state index in [2.05, 4.69) is 15.3 Å². The van der Waals surface area contributed by atoms with Crippen molar-refractivity contribution in [2.24, 2.45) is 0 Å². The number of carbonyl (C=O) groups excluding carboxylic acids is 3. The molecule has 3 amide bonds. The summed E-state index contributed by atoms with van der Waals surface area (Å²) in [5, 5.41) is 2.55. The van der Waals surface area contributed by atoms with Crippen LogP contribution in [0.1, 0.15) is 37.3 Å². The predicted octanol–water partition coefficient (Wildman–Crippen LogP) is 4.59. The van der Waals surface area contributed by atoms with Crippen LogP contribution in [0.3, 0.4) is 0 Å². The van der Waals surface area contributed by atoms with Crippen molar-refractivity contribution in [3.63, 3.8) is 0 Å². The molecular weight excluding hydrogens is 554 g/mol. The molecule has 1 aliphatic carbocycles. The smallest absolute Gasteiger partial charge is 0.252 e. The minimum absolute atomic E-state index is 0.00404. The first-order valence-electron chi connectivity index (χ1n) is 12.3. The van der Waals surface area contributed by atoms with Crippen molar-refractivity contribution in [1.29, 1.82) is 0 Å². The van der Waals surface area contributed by atoms with Crippen LogP contribution in [0.15, 0.2) is 60.9 Å². The standard InChI is InChI=1S/C27H22ClF4N5O3/c28-20-5-2-1-4-19(20)23(24(39)35-17-13-27(31,32)14-17)36(18-11-15(29)10-16(30)12-18)25(40)21-6-7-22(38)37(21)26-33-8-3-9-34-26/h1-5,8-12,17,21,23H,6-7,13-14H2,(H,35,39)/t21?,23-/m0/s1. The zero-order valence-electron chi connectivity index (χ0n) is 20.7. The van der Waals surface area contributed by atoms with Crippen LogP contribution in [0.4, 0.5) is 29.2 Å². The van der Waals surface area contributed by atoms with E-state index >= 15 is 0 Å². The van der Waals surface area contributed by atoms with Crippen LogP contribution in [0.5, 0.6) is 0 Å². The number of halogens is 5. The Balaban J connectivity index is 1.62. The van der Waals surface area contributed by atoms with Crippen molar-refractivity contribution < 1.29 is 31.9 Å². The first kappa shape index (κ1) is 27.5. The van der Waals surface area contributed by atoms with Crippen LogP contribution in [0, 0.1) is 11.6 Å². The van der Waals surface area contributed by atoms with Gasteiger partial charge in [0.2, 0.25) is 17.8 Å². The molecule has 1 aliphatic heterocycles. The van der Waals surface area contributed by atoms with Gasteiger partial charge >= 0.3 is 0 Å². The van der Waals surface area contributed by atoms with E-state index in [9.17, 15) is 31.9 Å². The second-order valence-electron chi connectivity index (χ2n) is 9.60. The number of anilines is 2. The predicted molar refractivity (Wildman–Crippen MR) is 137 cm³/mol.